The van der Waals surface area contributed by atoms with Crippen molar-refractivity contribution in [3.63, 3.8) is 0 Å². The molecule has 0 radical (unpaired) electrons. The fraction of sp³-hybridized carbons (Fsp3) is 0.167. The number of carbonyl (C=O) groups excluding carboxylic acids is 2. The molecule has 2 N–H and O–H groups in total. The largest absolute Gasteiger partial charge is 0.324 e. The monoisotopic (exact) mass is 338 g/mol. The van der Waals surface area contributed by atoms with Crippen molar-refractivity contribution in [1.82, 2.24) is 9.97 Å². The maximum Gasteiger partial charge on any atom is 0.261 e. The number of fused-ring (bicyclic) bond motifs is 1. The topological polar surface area (TPSA) is 78.1 Å². The van der Waals surface area contributed by atoms with Crippen molar-refractivity contribution >= 4 is 34.5 Å². The number of hydrogen-bond acceptors (Lipinski definition) is 3. The average Bonchev–Trinajstić information content (AvgIpc) is 3.20. The lowest BCUT2D eigenvalue weighted by Gasteiger charge is -2.16. The Bertz CT molecular complexity index is 949. The van der Waals surface area contributed by atoms with E-state index in [1.165, 1.54) is 18.2 Å². The minimum absolute atomic E-state index is 0.0183. The van der Waals surface area contributed by atoms with E-state index in [-0.39, 0.29) is 17.4 Å². The number of anilines is 2. The molecule has 0 unspecified atom stereocenters. The number of rotatable bonds is 3. The van der Waals surface area contributed by atoms with E-state index in [2.05, 4.69) is 15.3 Å². The van der Waals surface area contributed by atoms with Gasteiger partial charge in [-0.05, 0) is 36.8 Å². The molecule has 4 rings (SSSR count). The Labute approximate surface area is 142 Å². The van der Waals surface area contributed by atoms with Crippen LogP contribution in [0.25, 0.3) is 11.0 Å². The van der Waals surface area contributed by atoms with Gasteiger partial charge < -0.3 is 9.88 Å². The van der Waals surface area contributed by atoms with Crippen molar-refractivity contribution in [3.05, 3.63) is 53.8 Å². The molecule has 6 nitrogen and oxygen atoms in total. The third-order valence-electron chi connectivity index (χ3n) is 4.20. The van der Waals surface area contributed by atoms with Crippen molar-refractivity contribution in [3.8, 4) is 0 Å². The van der Waals surface area contributed by atoms with Crippen LogP contribution in [-0.2, 0) is 4.79 Å². The number of nitrogens with zero attached hydrogens (tertiary/aromatic N) is 2. The first-order chi connectivity index (χ1) is 12.1. The predicted octanol–water partition coefficient (Wildman–Crippen LogP) is 3.08. The van der Waals surface area contributed by atoms with Crippen molar-refractivity contribution in [2.45, 2.75) is 12.8 Å². The second-order valence-electron chi connectivity index (χ2n) is 5.87. The smallest absolute Gasteiger partial charge is 0.261 e. The van der Waals surface area contributed by atoms with Crippen LogP contribution in [0.3, 0.4) is 0 Å². The Morgan fingerprint density at radius 1 is 1.24 bits per heavy atom. The van der Waals surface area contributed by atoms with Crippen molar-refractivity contribution in [2.75, 3.05) is 16.8 Å². The lowest BCUT2D eigenvalue weighted by molar-refractivity contribution is -0.117. The fourth-order valence-electron chi connectivity index (χ4n) is 2.96. The summed E-state index contributed by atoms with van der Waals surface area (Å²) in [5, 5.41) is 2.57. The summed E-state index contributed by atoms with van der Waals surface area (Å²) < 4.78 is 14.1. The Morgan fingerprint density at radius 2 is 2.08 bits per heavy atom. The summed E-state index contributed by atoms with van der Waals surface area (Å²) in [6.45, 7) is 0.578. The van der Waals surface area contributed by atoms with Gasteiger partial charge in [-0.3, -0.25) is 14.9 Å². The number of hydrogen-bond donors (Lipinski definition) is 2. The van der Waals surface area contributed by atoms with E-state index in [0.717, 1.165) is 11.9 Å². The summed E-state index contributed by atoms with van der Waals surface area (Å²) in [7, 11) is 0. The first kappa shape index (κ1) is 15.3. The summed E-state index contributed by atoms with van der Waals surface area (Å²) in [6, 6.07) is 11.4. The molecule has 1 aliphatic rings. The molecule has 2 aromatic carbocycles. The number of imidazole rings is 1. The number of aromatic amines is 1. The molecule has 1 saturated heterocycles. The van der Waals surface area contributed by atoms with E-state index >= 15 is 0 Å². The third kappa shape index (κ3) is 2.84. The van der Waals surface area contributed by atoms with Crippen molar-refractivity contribution < 1.29 is 14.0 Å². The van der Waals surface area contributed by atoms with E-state index in [1.807, 2.05) is 24.3 Å². The van der Waals surface area contributed by atoms with Gasteiger partial charge in [-0.25, -0.2) is 9.37 Å². The van der Waals surface area contributed by atoms with E-state index < -0.39 is 11.7 Å². The molecule has 1 fully saturated rings. The van der Waals surface area contributed by atoms with Gasteiger partial charge in [-0.1, -0.05) is 12.1 Å². The van der Waals surface area contributed by atoms with Crippen LogP contribution < -0.4 is 10.2 Å². The van der Waals surface area contributed by atoms with Crippen LogP contribution in [0, 0.1) is 5.82 Å². The SMILES string of the molecule is O=C(Nc1nc2ccccc2[nH]1)c1cc(N2CCCC2=O)ccc1F. The van der Waals surface area contributed by atoms with E-state index in [0.29, 0.717) is 24.2 Å². The molecule has 0 atom stereocenters. The predicted molar refractivity (Wildman–Crippen MR) is 92.0 cm³/mol. The molecule has 0 saturated carbocycles. The highest BCUT2D eigenvalue weighted by Gasteiger charge is 2.23. The minimum Gasteiger partial charge on any atom is -0.324 e. The average molecular weight is 338 g/mol. The second kappa shape index (κ2) is 6.01. The zero-order valence-corrected chi connectivity index (χ0v) is 13.3. The van der Waals surface area contributed by atoms with Gasteiger partial charge in [0.05, 0.1) is 16.6 Å². The maximum atomic E-state index is 14.1. The number of nitrogens with one attached hydrogen (secondary N) is 2. The van der Waals surface area contributed by atoms with Gasteiger partial charge in [-0.15, -0.1) is 0 Å². The molecule has 0 spiro atoms. The first-order valence-electron chi connectivity index (χ1n) is 7.98. The second-order valence-corrected chi connectivity index (χ2v) is 5.87. The maximum absolute atomic E-state index is 14.1. The Hall–Kier alpha value is -3.22. The Balaban J connectivity index is 1.61. The highest BCUT2D eigenvalue weighted by atomic mass is 19.1. The van der Waals surface area contributed by atoms with Gasteiger partial charge in [-0.2, -0.15) is 0 Å². The van der Waals surface area contributed by atoms with Crippen LogP contribution in [-0.4, -0.2) is 28.3 Å². The normalized spacial score (nSPS) is 14.3. The van der Waals surface area contributed by atoms with Crippen molar-refractivity contribution in [2.24, 2.45) is 0 Å². The number of para-hydroxylation sites is 2. The molecule has 126 valence electrons. The number of aromatic nitrogens is 2. The highest BCUT2D eigenvalue weighted by molar-refractivity contribution is 6.05. The van der Waals surface area contributed by atoms with Gasteiger partial charge in [0.25, 0.3) is 5.91 Å². The molecule has 7 heteroatoms. The summed E-state index contributed by atoms with van der Waals surface area (Å²) in [6.07, 6.45) is 1.23. The molecular formula is C18H15FN4O2. The van der Waals surface area contributed by atoms with Gasteiger partial charge in [0, 0.05) is 18.7 Å². The first-order valence-corrected chi connectivity index (χ1v) is 7.98. The lowest BCUT2D eigenvalue weighted by Crippen LogP contribution is -2.24. The van der Waals surface area contributed by atoms with Crippen LogP contribution in [0.1, 0.15) is 23.2 Å². The summed E-state index contributed by atoms with van der Waals surface area (Å²) >= 11 is 0. The van der Waals surface area contributed by atoms with Crippen LogP contribution in [0.15, 0.2) is 42.5 Å². The van der Waals surface area contributed by atoms with E-state index in [9.17, 15) is 14.0 Å². The molecule has 1 aliphatic heterocycles. The molecule has 1 aromatic heterocycles. The summed E-state index contributed by atoms with van der Waals surface area (Å²) in [4.78, 5) is 33.1. The molecule has 0 bridgehead atoms. The molecule has 2 amide bonds. The van der Waals surface area contributed by atoms with Crippen LogP contribution >= 0.6 is 0 Å². The standard InChI is InChI=1S/C18H15FN4O2/c19-13-8-7-11(23-9-3-6-16(23)24)10-12(13)17(25)22-18-20-14-4-1-2-5-15(14)21-18/h1-2,4-5,7-8,10H,3,6,9H2,(H2,20,21,22,25). The molecular weight excluding hydrogens is 323 g/mol. The molecule has 25 heavy (non-hydrogen) atoms. The molecule has 3 aromatic rings. The van der Waals surface area contributed by atoms with E-state index in [4.69, 9.17) is 0 Å². The summed E-state index contributed by atoms with van der Waals surface area (Å²) in [5.41, 5.74) is 1.88. The fourth-order valence-corrected chi connectivity index (χ4v) is 2.96. The summed E-state index contributed by atoms with van der Waals surface area (Å²) in [5.74, 6) is -1.04. The van der Waals surface area contributed by atoms with E-state index in [1.54, 1.807) is 4.90 Å². The number of H-pyrrole nitrogens is 1. The van der Waals surface area contributed by atoms with Gasteiger partial charge in [0.2, 0.25) is 11.9 Å². The number of halogens is 1. The quantitative estimate of drug-likeness (QED) is 0.770. The van der Waals surface area contributed by atoms with Crippen LogP contribution in [0.4, 0.5) is 16.0 Å². The van der Waals surface area contributed by atoms with Gasteiger partial charge in [0.15, 0.2) is 0 Å². The molecule has 0 aliphatic carbocycles. The highest BCUT2D eigenvalue weighted by Crippen LogP contribution is 2.24. The third-order valence-corrected chi connectivity index (χ3v) is 4.20. The molecule has 2 heterocycles. The van der Waals surface area contributed by atoms with Gasteiger partial charge in [0.1, 0.15) is 5.82 Å². The minimum atomic E-state index is -0.649. The Kier molecular flexibility index (Phi) is 3.68. The van der Waals surface area contributed by atoms with Gasteiger partial charge >= 0.3 is 0 Å². The lowest BCUT2D eigenvalue weighted by atomic mass is 10.1. The number of carbonyl (C=O) groups is 2. The number of amides is 2. The van der Waals surface area contributed by atoms with Crippen molar-refractivity contribution in [1.29, 1.82) is 0 Å². The zero-order chi connectivity index (χ0) is 17.4. The van der Waals surface area contributed by atoms with Crippen LogP contribution in [0.5, 0.6) is 0 Å². The van der Waals surface area contributed by atoms with Crippen LogP contribution in [0.2, 0.25) is 0 Å². The zero-order valence-electron chi connectivity index (χ0n) is 13.3. The Morgan fingerprint density at radius 3 is 2.84 bits per heavy atom. The number of benzene rings is 2.